The third kappa shape index (κ3) is 10.5. The van der Waals surface area contributed by atoms with Crippen molar-refractivity contribution in [1.29, 1.82) is 0 Å². The maximum Gasteiger partial charge on any atom is 0.410 e. The van der Waals surface area contributed by atoms with Gasteiger partial charge in [0, 0.05) is 45.2 Å². The van der Waals surface area contributed by atoms with E-state index in [1.165, 1.54) is 0 Å². The van der Waals surface area contributed by atoms with Gasteiger partial charge in [0.15, 0.2) is 0 Å². The molecule has 0 aromatic heterocycles. The van der Waals surface area contributed by atoms with E-state index in [9.17, 15) is 19.5 Å². The molecule has 3 heterocycles. The van der Waals surface area contributed by atoms with E-state index in [4.69, 9.17) is 14.2 Å². The van der Waals surface area contributed by atoms with Gasteiger partial charge >= 0.3 is 18.2 Å². The number of nitrogens with zero attached hydrogens (tertiary/aromatic N) is 3. The number of carbonyl (C=O) groups is 3. The van der Waals surface area contributed by atoms with Crippen LogP contribution >= 0.6 is 0 Å². The number of hydrogen-bond donors (Lipinski definition) is 1. The lowest BCUT2D eigenvalue weighted by molar-refractivity contribution is -0.151. The number of piperazine rings is 1. The number of aliphatic hydroxyl groups excluding tert-OH is 1. The van der Waals surface area contributed by atoms with E-state index in [-0.39, 0.29) is 30.4 Å². The van der Waals surface area contributed by atoms with Gasteiger partial charge in [-0.25, -0.2) is 9.59 Å². The number of cyclic esters (lactones) is 1. The van der Waals surface area contributed by atoms with Gasteiger partial charge in [-0.3, -0.25) is 4.79 Å². The maximum atomic E-state index is 13.0. The van der Waals surface area contributed by atoms with Crippen LogP contribution in [0.15, 0.2) is 35.5 Å². The molecule has 0 spiro atoms. The van der Waals surface area contributed by atoms with Crippen molar-refractivity contribution in [2.24, 2.45) is 11.8 Å². The van der Waals surface area contributed by atoms with E-state index in [0.717, 1.165) is 24.2 Å². The van der Waals surface area contributed by atoms with Crippen LogP contribution in [0, 0.1) is 11.8 Å². The van der Waals surface area contributed by atoms with Crippen LogP contribution in [0.2, 0.25) is 0 Å². The summed E-state index contributed by atoms with van der Waals surface area (Å²) in [5, 5.41) is 10.6. The van der Waals surface area contributed by atoms with Gasteiger partial charge in [-0.2, -0.15) is 0 Å². The lowest BCUT2D eigenvalue weighted by Gasteiger charge is -2.33. The molecule has 10 heteroatoms. The normalized spacial score (nSPS) is 29.9. The Morgan fingerprint density at radius 3 is 2.38 bits per heavy atom. The molecule has 1 fully saturated rings. The highest BCUT2D eigenvalue weighted by Crippen LogP contribution is 2.26. The smallest absolute Gasteiger partial charge is 0.410 e. The molecule has 5 atom stereocenters. The van der Waals surface area contributed by atoms with Crippen LogP contribution in [-0.2, 0) is 19.0 Å². The van der Waals surface area contributed by atoms with Crippen molar-refractivity contribution in [3.05, 3.63) is 35.5 Å². The van der Waals surface area contributed by atoms with E-state index in [2.05, 4.69) is 11.0 Å². The maximum absolute atomic E-state index is 13.0. The molecule has 3 rings (SSSR count). The number of ether oxygens (including phenoxy) is 3. The predicted molar refractivity (Wildman–Crippen MR) is 161 cm³/mol. The summed E-state index contributed by atoms with van der Waals surface area (Å²) in [5.74, 6) is -0.735. The monoisotopic (exact) mass is 589 g/mol. The fourth-order valence-corrected chi connectivity index (χ4v) is 5.36. The van der Waals surface area contributed by atoms with Crippen LogP contribution < -0.4 is 0 Å². The van der Waals surface area contributed by atoms with E-state index in [0.29, 0.717) is 45.4 Å². The van der Waals surface area contributed by atoms with Crippen LogP contribution in [0.25, 0.3) is 0 Å². The molecule has 0 aliphatic carbocycles. The van der Waals surface area contributed by atoms with Crippen molar-refractivity contribution in [2.75, 3.05) is 46.3 Å². The average molecular weight is 590 g/mol. The summed E-state index contributed by atoms with van der Waals surface area (Å²) in [4.78, 5) is 44.1. The minimum Gasteiger partial charge on any atom is -0.457 e. The van der Waals surface area contributed by atoms with Gasteiger partial charge in [0.2, 0.25) is 0 Å². The van der Waals surface area contributed by atoms with Crippen LogP contribution in [0.1, 0.15) is 67.2 Å². The van der Waals surface area contributed by atoms with Crippen molar-refractivity contribution in [3.8, 4) is 0 Å². The molecule has 10 nitrogen and oxygen atoms in total. The van der Waals surface area contributed by atoms with E-state index in [1.807, 2.05) is 66.8 Å². The van der Waals surface area contributed by atoms with Crippen LogP contribution in [0.5, 0.6) is 0 Å². The Balaban J connectivity index is 1.78. The second-order valence-electron chi connectivity index (χ2n) is 13.1. The fourth-order valence-electron chi connectivity index (χ4n) is 5.36. The molecule has 236 valence electrons. The molecule has 0 aromatic rings. The van der Waals surface area contributed by atoms with Crippen LogP contribution in [-0.4, -0.2) is 108 Å². The highest BCUT2D eigenvalue weighted by Gasteiger charge is 2.30. The summed E-state index contributed by atoms with van der Waals surface area (Å²) in [6.45, 7) is 15.2. The summed E-state index contributed by atoms with van der Waals surface area (Å²) in [5.41, 5.74) is 1.19. The zero-order valence-electron chi connectivity index (χ0n) is 26.5. The number of esters is 1. The fraction of sp³-hybridized carbons (Fsp3) is 0.719. The lowest BCUT2D eigenvalue weighted by atomic mass is 9.91. The highest BCUT2D eigenvalue weighted by molar-refractivity contribution is 5.71. The molecule has 0 unspecified atom stereocenters. The Hall–Kier alpha value is -2.85. The van der Waals surface area contributed by atoms with E-state index >= 15 is 0 Å². The first-order chi connectivity index (χ1) is 19.7. The molecule has 0 bridgehead atoms. The molecule has 1 saturated heterocycles. The molecule has 42 heavy (non-hydrogen) atoms. The molecule has 0 radical (unpaired) electrons. The molecule has 1 N–H and O–H groups in total. The first kappa shape index (κ1) is 33.6. The number of likely N-dealkylation sites (N-methyl/N-ethyl adjacent to an activating group) is 1. The van der Waals surface area contributed by atoms with Crippen molar-refractivity contribution in [3.63, 3.8) is 0 Å². The van der Waals surface area contributed by atoms with Crippen molar-refractivity contribution < 1.29 is 33.7 Å². The molecular formula is C32H51N3O7. The highest BCUT2D eigenvalue weighted by atomic mass is 16.6. The van der Waals surface area contributed by atoms with Gasteiger partial charge in [-0.15, -0.1) is 0 Å². The van der Waals surface area contributed by atoms with Crippen molar-refractivity contribution >= 4 is 18.2 Å². The third-order valence-corrected chi connectivity index (χ3v) is 7.95. The third-order valence-electron chi connectivity index (χ3n) is 7.95. The van der Waals surface area contributed by atoms with Crippen LogP contribution in [0.3, 0.4) is 0 Å². The summed E-state index contributed by atoms with van der Waals surface area (Å²) in [6.07, 6.45) is 6.89. The standard InChI is InChI=1S/C32H51N3O7/c1-22-10-12-26(36)20-28(37)41-29(23(2)11-13-27(22)40-30(38)34-17-15-33(7)16-18-34)24(3)19-25-9-8-14-35(21-25)31(39)42-32(4,5)6/h9,11,13,19,22-23,26-27,29,36H,8,10,12,14-18,20-21H2,1-7H3/b13-11+,24-19+/t22-,23-,26+,27+,29-/m0/s1. The lowest BCUT2D eigenvalue weighted by Crippen LogP contribution is -2.48. The number of rotatable bonds is 3. The minimum absolute atomic E-state index is 0.0451. The van der Waals surface area contributed by atoms with Gasteiger partial charge in [-0.05, 0) is 77.1 Å². The minimum atomic E-state index is -0.846. The second-order valence-corrected chi connectivity index (χ2v) is 13.1. The van der Waals surface area contributed by atoms with Gasteiger partial charge < -0.3 is 34.0 Å². The quantitative estimate of drug-likeness (QED) is 0.291. The Bertz CT molecular complexity index is 1040. The SMILES string of the molecule is C/C(=C\C1=CCCN(C(=O)OC(C)(C)C)C1)[C@H]1OC(=O)C[C@H](O)CC[C@H](C)[C@H](OC(=O)N2CCN(C)CC2)/C=C/[C@@H]1C. The Kier molecular flexibility index (Phi) is 12.1. The molecule has 3 aliphatic heterocycles. The Labute approximate surface area is 251 Å². The zero-order chi connectivity index (χ0) is 31.0. The zero-order valence-corrected chi connectivity index (χ0v) is 26.5. The Morgan fingerprint density at radius 2 is 1.71 bits per heavy atom. The first-order valence-electron chi connectivity index (χ1n) is 15.3. The van der Waals surface area contributed by atoms with E-state index < -0.39 is 29.9 Å². The number of aliphatic hydroxyl groups is 1. The molecule has 3 aliphatic rings. The first-order valence-corrected chi connectivity index (χ1v) is 15.3. The summed E-state index contributed by atoms with van der Waals surface area (Å²) >= 11 is 0. The number of carbonyl (C=O) groups excluding carboxylic acids is 3. The molecular weight excluding hydrogens is 538 g/mol. The van der Waals surface area contributed by atoms with Gasteiger partial charge in [0.25, 0.3) is 0 Å². The topological polar surface area (TPSA) is 109 Å². The van der Waals surface area contributed by atoms with Crippen LogP contribution in [0.4, 0.5) is 9.59 Å². The summed E-state index contributed by atoms with van der Waals surface area (Å²) in [6, 6.07) is 0. The Morgan fingerprint density at radius 1 is 1.02 bits per heavy atom. The van der Waals surface area contributed by atoms with E-state index in [1.54, 1.807) is 9.80 Å². The molecule has 0 saturated carbocycles. The second kappa shape index (κ2) is 15.0. The number of hydrogen-bond acceptors (Lipinski definition) is 8. The largest absolute Gasteiger partial charge is 0.457 e. The number of amides is 2. The van der Waals surface area contributed by atoms with Crippen molar-refractivity contribution in [2.45, 2.75) is 91.1 Å². The van der Waals surface area contributed by atoms with Gasteiger partial charge in [-0.1, -0.05) is 32.1 Å². The average Bonchev–Trinajstić information content (AvgIpc) is 2.91. The molecule has 0 aromatic carbocycles. The van der Waals surface area contributed by atoms with Crippen molar-refractivity contribution in [1.82, 2.24) is 14.7 Å². The van der Waals surface area contributed by atoms with Gasteiger partial charge in [0.05, 0.1) is 12.5 Å². The summed E-state index contributed by atoms with van der Waals surface area (Å²) < 4.78 is 17.5. The van der Waals surface area contributed by atoms with Gasteiger partial charge in [0.1, 0.15) is 17.8 Å². The molecule has 2 amide bonds. The predicted octanol–water partition coefficient (Wildman–Crippen LogP) is 4.54. The summed E-state index contributed by atoms with van der Waals surface area (Å²) in [7, 11) is 2.04.